The maximum atomic E-state index is 14.0. The van der Waals surface area contributed by atoms with Crippen molar-refractivity contribution in [1.82, 2.24) is 9.55 Å². The Morgan fingerprint density at radius 1 is 1.45 bits per heavy atom. The van der Waals surface area contributed by atoms with Crippen LogP contribution in [0, 0.1) is 11.6 Å². The smallest absolute Gasteiger partial charge is 0.357 e. The molecule has 0 bridgehead atoms. The Hall–Kier alpha value is -1.47. The highest BCUT2D eigenvalue weighted by Crippen LogP contribution is 2.29. The van der Waals surface area contributed by atoms with Crippen LogP contribution in [0.3, 0.4) is 0 Å². The number of aromatic carboxylic acids is 1. The number of carbonyl (C=O) groups is 1. The van der Waals surface area contributed by atoms with Gasteiger partial charge in [-0.25, -0.2) is 18.6 Å². The quantitative estimate of drug-likeness (QED) is 0.899. The van der Waals surface area contributed by atoms with Crippen molar-refractivity contribution in [3.8, 4) is 5.69 Å². The van der Waals surface area contributed by atoms with Gasteiger partial charge in [0.1, 0.15) is 16.7 Å². The highest BCUT2D eigenvalue weighted by Gasteiger charge is 2.24. The van der Waals surface area contributed by atoms with Crippen LogP contribution in [0.25, 0.3) is 5.69 Å². The van der Waals surface area contributed by atoms with Crippen molar-refractivity contribution in [2.24, 2.45) is 0 Å². The molecular weight excluding hydrogens is 357 g/mol. The van der Waals surface area contributed by atoms with Gasteiger partial charge in [0.2, 0.25) is 0 Å². The van der Waals surface area contributed by atoms with Crippen LogP contribution in [-0.2, 0) is 6.42 Å². The lowest BCUT2D eigenvalue weighted by atomic mass is 10.2. The van der Waals surface area contributed by atoms with E-state index in [0.29, 0.717) is 0 Å². The van der Waals surface area contributed by atoms with Gasteiger partial charge in [0.05, 0.1) is 0 Å². The minimum absolute atomic E-state index is 0.160. The number of carboxylic acids is 1. The summed E-state index contributed by atoms with van der Waals surface area (Å²) in [6.07, 6.45) is 0.266. The average Bonchev–Trinajstić information content (AvgIpc) is 2.66. The molecule has 0 unspecified atom stereocenters. The van der Waals surface area contributed by atoms with E-state index >= 15 is 0 Å². The fraction of sp³-hybridized carbons (Fsp3) is 0.167. The van der Waals surface area contributed by atoms with E-state index in [1.54, 1.807) is 6.92 Å². The lowest BCUT2D eigenvalue weighted by Crippen LogP contribution is -2.06. The van der Waals surface area contributed by atoms with Crippen molar-refractivity contribution in [1.29, 1.82) is 0 Å². The van der Waals surface area contributed by atoms with Gasteiger partial charge < -0.3 is 5.11 Å². The van der Waals surface area contributed by atoms with Gasteiger partial charge in [0.25, 0.3) is 0 Å². The maximum absolute atomic E-state index is 14.0. The van der Waals surface area contributed by atoms with Gasteiger partial charge in [0.15, 0.2) is 17.3 Å². The Labute approximate surface area is 126 Å². The highest BCUT2D eigenvalue weighted by molar-refractivity contribution is 9.10. The Balaban J connectivity index is 2.79. The number of nitrogens with zero attached hydrogens (tertiary/aromatic N) is 2. The number of benzene rings is 1. The molecule has 0 spiro atoms. The summed E-state index contributed by atoms with van der Waals surface area (Å²) in [5.41, 5.74) is -0.889. The number of carboxylic acid groups (broad SMARTS) is 1. The summed E-state index contributed by atoms with van der Waals surface area (Å²) >= 11 is 8.87. The summed E-state index contributed by atoms with van der Waals surface area (Å²) in [7, 11) is 0. The second kappa shape index (κ2) is 5.49. The van der Waals surface area contributed by atoms with Crippen molar-refractivity contribution >= 4 is 33.5 Å². The molecule has 4 nitrogen and oxygen atoms in total. The Kier molecular flexibility index (Phi) is 4.10. The van der Waals surface area contributed by atoms with E-state index in [9.17, 15) is 13.6 Å². The number of aryl methyl sites for hydroxylation is 1. The molecule has 0 fully saturated rings. The first-order valence-corrected chi connectivity index (χ1v) is 6.69. The van der Waals surface area contributed by atoms with E-state index in [2.05, 4.69) is 20.9 Å². The van der Waals surface area contributed by atoms with Crippen molar-refractivity contribution in [3.63, 3.8) is 0 Å². The van der Waals surface area contributed by atoms with Gasteiger partial charge in [-0.1, -0.05) is 34.5 Å². The summed E-state index contributed by atoms with van der Waals surface area (Å²) in [5, 5.41) is 8.63. The average molecular weight is 366 g/mol. The standard InChI is InChI=1S/C12H8BrClF2N2O2/c1-2-8-17-9(12(19)20)11(14)18(8)10-6(15)3-5(13)4-7(10)16/h3-4H,2H2,1H3,(H,19,20). The van der Waals surface area contributed by atoms with Crippen LogP contribution >= 0.6 is 27.5 Å². The van der Waals surface area contributed by atoms with Crippen LogP contribution in [-0.4, -0.2) is 20.6 Å². The van der Waals surface area contributed by atoms with Crippen LogP contribution in [0.5, 0.6) is 0 Å². The summed E-state index contributed by atoms with van der Waals surface area (Å²) in [4.78, 5) is 14.8. The normalized spacial score (nSPS) is 10.8. The fourth-order valence-electron chi connectivity index (χ4n) is 1.79. The van der Waals surface area contributed by atoms with Gasteiger partial charge >= 0.3 is 5.97 Å². The molecule has 0 aliphatic heterocycles. The van der Waals surface area contributed by atoms with E-state index in [-0.39, 0.29) is 21.9 Å². The second-order valence-corrected chi connectivity index (χ2v) is 5.15. The van der Waals surface area contributed by atoms with Gasteiger partial charge in [-0.2, -0.15) is 0 Å². The van der Waals surface area contributed by atoms with E-state index in [4.69, 9.17) is 16.7 Å². The molecule has 1 aromatic carbocycles. The van der Waals surface area contributed by atoms with Crippen molar-refractivity contribution in [3.05, 3.63) is 44.9 Å². The van der Waals surface area contributed by atoms with Crippen LogP contribution in [0.2, 0.25) is 5.15 Å². The number of rotatable bonds is 3. The predicted molar refractivity (Wildman–Crippen MR) is 72.5 cm³/mol. The van der Waals surface area contributed by atoms with Crippen LogP contribution < -0.4 is 0 Å². The molecule has 2 aromatic rings. The molecule has 0 saturated heterocycles. The molecule has 1 heterocycles. The molecule has 8 heteroatoms. The topological polar surface area (TPSA) is 55.1 Å². The molecule has 20 heavy (non-hydrogen) atoms. The molecule has 1 N–H and O–H groups in total. The highest BCUT2D eigenvalue weighted by atomic mass is 79.9. The minimum Gasteiger partial charge on any atom is -0.476 e. The lowest BCUT2D eigenvalue weighted by molar-refractivity contribution is 0.0691. The first-order valence-electron chi connectivity index (χ1n) is 5.52. The van der Waals surface area contributed by atoms with Gasteiger partial charge in [-0.15, -0.1) is 0 Å². The number of hydrogen-bond acceptors (Lipinski definition) is 2. The van der Waals surface area contributed by atoms with Crippen LogP contribution in [0.4, 0.5) is 8.78 Å². The number of aromatic nitrogens is 2. The molecule has 0 aliphatic carbocycles. The molecule has 0 saturated carbocycles. The first-order chi connectivity index (χ1) is 9.36. The van der Waals surface area contributed by atoms with Crippen molar-refractivity contribution in [2.75, 3.05) is 0 Å². The van der Waals surface area contributed by atoms with Gasteiger partial charge in [-0.05, 0) is 12.1 Å². The monoisotopic (exact) mass is 364 g/mol. The largest absolute Gasteiger partial charge is 0.476 e. The van der Waals surface area contributed by atoms with E-state index in [1.165, 1.54) is 0 Å². The lowest BCUT2D eigenvalue weighted by Gasteiger charge is -2.10. The number of halogens is 4. The van der Waals surface area contributed by atoms with Crippen molar-refractivity contribution in [2.45, 2.75) is 13.3 Å². The summed E-state index contributed by atoms with van der Waals surface area (Å²) in [6.45, 7) is 1.68. The number of imidazole rings is 1. The second-order valence-electron chi connectivity index (χ2n) is 3.88. The van der Waals surface area contributed by atoms with Crippen LogP contribution in [0.1, 0.15) is 23.2 Å². The van der Waals surface area contributed by atoms with Gasteiger partial charge in [0, 0.05) is 10.9 Å². The van der Waals surface area contributed by atoms with Gasteiger partial charge in [-0.3, -0.25) is 4.57 Å². The molecule has 1 aromatic heterocycles. The third-order valence-electron chi connectivity index (χ3n) is 2.61. The Bertz CT molecular complexity index is 680. The van der Waals surface area contributed by atoms with Crippen molar-refractivity contribution < 1.29 is 18.7 Å². The van der Waals surface area contributed by atoms with Crippen LogP contribution in [0.15, 0.2) is 16.6 Å². The molecule has 106 valence electrons. The summed E-state index contributed by atoms with van der Waals surface area (Å²) in [5.74, 6) is -2.94. The number of hydrogen-bond donors (Lipinski definition) is 1. The zero-order valence-corrected chi connectivity index (χ0v) is 12.5. The van der Waals surface area contributed by atoms with E-state index < -0.39 is 29.0 Å². The molecule has 0 amide bonds. The van der Waals surface area contributed by atoms with E-state index in [1.807, 2.05) is 0 Å². The maximum Gasteiger partial charge on any atom is 0.357 e. The molecule has 2 rings (SSSR count). The predicted octanol–water partition coefficient (Wildman–Crippen LogP) is 3.83. The zero-order valence-electron chi connectivity index (χ0n) is 10.1. The van der Waals surface area contributed by atoms with E-state index in [0.717, 1.165) is 16.7 Å². The first kappa shape index (κ1) is 14.9. The summed E-state index contributed by atoms with van der Waals surface area (Å²) in [6, 6.07) is 2.13. The summed E-state index contributed by atoms with van der Waals surface area (Å²) < 4.78 is 29.2. The third-order valence-corrected chi connectivity index (χ3v) is 3.42. The molecule has 0 radical (unpaired) electrons. The Morgan fingerprint density at radius 2 is 2.00 bits per heavy atom. The molecular formula is C12H8BrClF2N2O2. The zero-order chi connectivity index (χ0) is 15.0. The SMILES string of the molecule is CCc1nc(C(=O)O)c(Cl)n1-c1c(F)cc(Br)cc1F. The molecule has 0 aliphatic rings. The third kappa shape index (κ3) is 2.43. The molecule has 0 atom stereocenters. The Morgan fingerprint density at radius 3 is 2.45 bits per heavy atom. The fourth-order valence-corrected chi connectivity index (χ4v) is 2.50. The minimum atomic E-state index is -1.36.